The summed E-state index contributed by atoms with van der Waals surface area (Å²) in [4.78, 5) is 32.6. The molecule has 3 heterocycles. The molecule has 0 saturated heterocycles. The summed E-state index contributed by atoms with van der Waals surface area (Å²) >= 11 is 4.68. The molecule has 0 saturated carbocycles. The zero-order valence-electron chi connectivity index (χ0n) is 17.5. The minimum atomic E-state index is -0.862. The van der Waals surface area contributed by atoms with E-state index in [2.05, 4.69) is 20.9 Å². The molecule has 1 N–H and O–H groups in total. The number of aromatic nitrogens is 1. The predicted molar refractivity (Wildman–Crippen MR) is 128 cm³/mol. The molecule has 5 rings (SSSR count). The number of halogens is 1. The summed E-state index contributed by atoms with van der Waals surface area (Å²) in [6.07, 6.45) is 0. The first kappa shape index (κ1) is 21.4. The summed E-state index contributed by atoms with van der Waals surface area (Å²) < 4.78 is 12.0. The molecule has 1 unspecified atom stereocenters. The fourth-order valence-electron chi connectivity index (χ4n) is 3.89. The lowest BCUT2D eigenvalue weighted by Gasteiger charge is -2.24. The minimum Gasteiger partial charge on any atom is -0.503 e. The molecule has 33 heavy (non-hydrogen) atoms. The number of ketones is 1. The molecular weight excluding hydrogens is 508 g/mol. The van der Waals surface area contributed by atoms with Crippen LogP contribution in [0.4, 0.5) is 5.13 Å². The van der Waals surface area contributed by atoms with Crippen LogP contribution in [0, 0.1) is 6.92 Å². The van der Waals surface area contributed by atoms with Crippen molar-refractivity contribution in [3.8, 4) is 5.75 Å². The quantitative estimate of drug-likeness (QED) is 0.334. The van der Waals surface area contributed by atoms with E-state index in [1.807, 2.05) is 24.4 Å². The molecule has 0 spiro atoms. The number of anilines is 1. The SMILES string of the molecule is COc1cccc2cc(C(=O)C3=C(O)C(=O)N(c4nc(C)cs4)C3c3ccc(Br)cc3)oc12. The second-order valence-corrected chi connectivity index (χ2v) is 9.23. The number of carbonyl (C=O) groups is 2. The Labute approximate surface area is 201 Å². The monoisotopic (exact) mass is 524 g/mol. The fraction of sp³-hybridized carbons (Fsp3) is 0.125. The highest BCUT2D eigenvalue weighted by Crippen LogP contribution is 2.43. The topological polar surface area (TPSA) is 92.9 Å². The standard InChI is InChI=1S/C24H17BrN2O5S/c1-12-11-33-24(26-12)27-19(13-6-8-15(25)9-7-13)18(21(29)23(27)30)20(28)17-10-14-4-3-5-16(31-2)22(14)32-17/h3-11,19,29H,1-2H3. The lowest BCUT2D eigenvalue weighted by molar-refractivity contribution is -0.117. The van der Waals surface area contributed by atoms with Crippen molar-refractivity contribution in [1.82, 2.24) is 4.98 Å². The fourth-order valence-corrected chi connectivity index (χ4v) is 4.98. The number of aryl methyl sites for hydroxylation is 1. The second kappa shape index (κ2) is 8.17. The molecule has 0 bridgehead atoms. The summed E-state index contributed by atoms with van der Waals surface area (Å²) in [5, 5.41) is 13.7. The highest BCUT2D eigenvalue weighted by atomic mass is 79.9. The number of hydrogen-bond donors (Lipinski definition) is 1. The normalized spacial score (nSPS) is 16.2. The summed E-state index contributed by atoms with van der Waals surface area (Å²) in [5.41, 5.74) is 1.75. The Morgan fingerprint density at radius 2 is 2.00 bits per heavy atom. The number of methoxy groups -OCH3 is 1. The Morgan fingerprint density at radius 3 is 2.67 bits per heavy atom. The van der Waals surface area contributed by atoms with Gasteiger partial charge in [-0.25, -0.2) is 4.98 Å². The summed E-state index contributed by atoms with van der Waals surface area (Å²) in [6, 6.07) is 13.3. The van der Waals surface area contributed by atoms with Gasteiger partial charge >= 0.3 is 0 Å². The van der Waals surface area contributed by atoms with Gasteiger partial charge in [0.05, 0.1) is 24.4 Å². The lowest BCUT2D eigenvalue weighted by atomic mass is 9.95. The summed E-state index contributed by atoms with van der Waals surface area (Å²) in [7, 11) is 1.51. The molecule has 4 aromatic rings. The number of benzene rings is 2. The molecule has 0 fully saturated rings. The van der Waals surface area contributed by atoms with E-state index >= 15 is 0 Å². The number of carbonyl (C=O) groups excluding carboxylic acids is 2. The Balaban J connectivity index is 1.66. The van der Waals surface area contributed by atoms with Gasteiger partial charge in [0, 0.05) is 15.2 Å². The van der Waals surface area contributed by atoms with Crippen LogP contribution in [0.3, 0.4) is 0 Å². The number of aliphatic hydroxyl groups excluding tert-OH is 1. The first-order chi connectivity index (χ1) is 15.9. The predicted octanol–water partition coefficient (Wildman–Crippen LogP) is 5.75. The average molecular weight is 525 g/mol. The smallest absolute Gasteiger partial charge is 0.296 e. The number of amides is 1. The van der Waals surface area contributed by atoms with Crippen LogP contribution in [0.15, 0.2) is 74.1 Å². The van der Waals surface area contributed by atoms with Gasteiger partial charge in [-0.3, -0.25) is 14.5 Å². The maximum atomic E-state index is 13.6. The zero-order valence-corrected chi connectivity index (χ0v) is 19.9. The molecular formula is C24H17BrN2O5S. The van der Waals surface area contributed by atoms with Crippen LogP contribution in [0.5, 0.6) is 5.75 Å². The zero-order chi connectivity index (χ0) is 23.3. The number of hydrogen-bond acceptors (Lipinski definition) is 7. The van der Waals surface area contributed by atoms with Gasteiger partial charge in [-0.1, -0.05) is 40.2 Å². The van der Waals surface area contributed by atoms with Gasteiger partial charge in [0.25, 0.3) is 5.91 Å². The van der Waals surface area contributed by atoms with Crippen molar-refractivity contribution in [1.29, 1.82) is 0 Å². The second-order valence-electron chi connectivity index (χ2n) is 7.48. The van der Waals surface area contributed by atoms with Crippen LogP contribution in [0.2, 0.25) is 0 Å². The number of aliphatic hydroxyl groups is 1. The van der Waals surface area contributed by atoms with Crippen LogP contribution < -0.4 is 9.64 Å². The van der Waals surface area contributed by atoms with E-state index < -0.39 is 23.5 Å². The average Bonchev–Trinajstić information content (AvgIpc) is 3.50. The molecule has 0 aliphatic carbocycles. The molecule has 0 radical (unpaired) electrons. The van der Waals surface area contributed by atoms with E-state index in [-0.39, 0.29) is 11.3 Å². The third-order valence-corrected chi connectivity index (χ3v) is 6.89. The minimum absolute atomic E-state index is 0.00290. The third-order valence-electron chi connectivity index (χ3n) is 5.40. The van der Waals surface area contributed by atoms with Crippen molar-refractivity contribution in [2.24, 2.45) is 0 Å². The summed E-state index contributed by atoms with van der Waals surface area (Å²) in [6.45, 7) is 1.82. The molecule has 1 aliphatic rings. The van der Waals surface area contributed by atoms with E-state index in [1.165, 1.54) is 23.3 Å². The van der Waals surface area contributed by atoms with Crippen molar-refractivity contribution < 1.29 is 23.8 Å². The number of para-hydroxylation sites is 1. The van der Waals surface area contributed by atoms with E-state index in [1.54, 1.807) is 36.4 Å². The van der Waals surface area contributed by atoms with E-state index in [0.29, 0.717) is 27.4 Å². The van der Waals surface area contributed by atoms with Gasteiger partial charge < -0.3 is 14.3 Å². The molecule has 166 valence electrons. The molecule has 2 aromatic carbocycles. The molecule has 1 amide bonds. The maximum Gasteiger partial charge on any atom is 0.296 e. The first-order valence-electron chi connectivity index (χ1n) is 9.94. The maximum absolute atomic E-state index is 13.6. The van der Waals surface area contributed by atoms with Gasteiger partial charge in [-0.05, 0) is 36.8 Å². The molecule has 1 aliphatic heterocycles. The van der Waals surface area contributed by atoms with Crippen LogP contribution in [-0.2, 0) is 4.79 Å². The van der Waals surface area contributed by atoms with Crippen LogP contribution in [-0.4, -0.2) is 28.9 Å². The number of furan rings is 1. The van der Waals surface area contributed by atoms with Gasteiger partial charge in [0.15, 0.2) is 28.0 Å². The highest BCUT2D eigenvalue weighted by molar-refractivity contribution is 9.10. The number of fused-ring (bicyclic) bond motifs is 1. The van der Waals surface area contributed by atoms with Crippen LogP contribution >= 0.6 is 27.3 Å². The Morgan fingerprint density at radius 1 is 1.24 bits per heavy atom. The van der Waals surface area contributed by atoms with Crippen molar-refractivity contribution >= 4 is 55.1 Å². The van der Waals surface area contributed by atoms with Crippen LogP contribution in [0.25, 0.3) is 11.0 Å². The van der Waals surface area contributed by atoms with Crippen molar-refractivity contribution in [3.63, 3.8) is 0 Å². The van der Waals surface area contributed by atoms with Crippen molar-refractivity contribution in [2.45, 2.75) is 13.0 Å². The molecule has 2 aromatic heterocycles. The Kier molecular flexibility index (Phi) is 5.30. The number of thiazole rings is 1. The first-order valence-corrected chi connectivity index (χ1v) is 11.6. The van der Waals surface area contributed by atoms with Gasteiger partial charge in [-0.2, -0.15) is 0 Å². The highest BCUT2D eigenvalue weighted by Gasteiger charge is 2.46. The van der Waals surface area contributed by atoms with Gasteiger partial charge in [0.1, 0.15) is 0 Å². The number of nitrogens with zero attached hydrogens (tertiary/aromatic N) is 2. The lowest BCUT2D eigenvalue weighted by Crippen LogP contribution is -2.31. The van der Waals surface area contributed by atoms with E-state index in [4.69, 9.17) is 9.15 Å². The van der Waals surface area contributed by atoms with E-state index in [0.717, 1.165) is 10.2 Å². The largest absolute Gasteiger partial charge is 0.503 e. The van der Waals surface area contributed by atoms with Gasteiger partial charge in [-0.15, -0.1) is 11.3 Å². The van der Waals surface area contributed by atoms with Crippen molar-refractivity contribution in [2.75, 3.05) is 12.0 Å². The van der Waals surface area contributed by atoms with E-state index in [9.17, 15) is 14.7 Å². The third kappa shape index (κ3) is 3.53. The van der Waals surface area contributed by atoms with Crippen molar-refractivity contribution in [3.05, 3.63) is 86.7 Å². The Bertz CT molecular complexity index is 1440. The number of rotatable bonds is 5. The number of ether oxygens (including phenoxy) is 1. The van der Waals surface area contributed by atoms with Crippen LogP contribution in [0.1, 0.15) is 27.9 Å². The van der Waals surface area contributed by atoms with Gasteiger partial charge in [0.2, 0.25) is 5.78 Å². The Hall–Kier alpha value is -3.43. The molecule has 1 atom stereocenters. The number of Topliss-reactive ketones (excluding diaryl/α,β-unsaturated/α-hetero) is 1. The summed E-state index contributed by atoms with van der Waals surface area (Å²) in [5.74, 6) is -1.40. The molecule has 7 nitrogen and oxygen atoms in total. The molecule has 9 heteroatoms.